The van der Waals surface area contributed by atoms with Crippen LogP contribution in [0, 0.1) is 0 Å². The van der Waals surface area contributed by atoms with Gasteiger partial charge in [-0.15, -0.1) is 0 Å². The van der Waals surface area contributed by atoms with Crippen molar-refractivity contribution in [1.29, 1.82) is 0 Å². The van der Waals surface area contributed by atoms with Gasteiger partial charge in [0.15, 0.2) is 0 Å². The number of carbonyl (C=O) groups excluding carboxylic acids is 1. The first-order valence-electron chi connectivity index (χ1n) is 5.91. The summed E-state index contributed by atoms with van der Waals surface area (Å²) in [4.78, 5) is 24.3. The highest BCUT2D eigenvalue weighted by molar-refractivity contribution is 6.42. The fourth-order valence-corrected chi connectivity index (χ4v) is 1.93. The molecule has 1 aromatic rings. The lowest BCUT2D eigenvalue weighted by Gasteiger charge is -2.21. The summed E-state index contributed by atoms with van der Waals surface area (Å²) >= 11 is 11.7. The largest absolute Gasteiger partial charge is 0.481 e. The lowest BCUT2D eigenvalue weighted by molar-refractivity contribution is -0.137. The van der Waals surface area contributed by atoms with Gasteiger partial charge in [0.2, 0.25) is 0 Å². The van der Waals surface area contributed by atoms with E-state index in [-0.39, 0.29) is 18.9 Å². The molecule has 0 aliphatic rings. The number of carboxylic acid groups (broad SMARTS) is 1. The van der Waals surface area contributed by atoms with Crippen LogP contribution in [0.2, 0.25) is 10.0 Å². The smallest absolute Gasteiger partial charge is 0.305 e. The van der Waals surface area contributed by atoms with Gasteiger partial charge in [-0.2, -0.15) is 0 Å². The van der Waals surface area contributed by atoms with E-state index in [1.165, 1.54) is 11.0 Å². The quantitative estimate of drug-likeness (QED) is 0.877. The molecule has 0 atom stereocenters. The van der Waals surface area contributed by atoms with E-state index in [0.29, 0.717) is 22.2 Å². The zero-order valence-corrected chi connectivity index (χ0v) is 12.0. The molecule has 104 valence electrons. The van der Waals surface area contributed by atoms with Crippen LogP contribution in [0.5, 0.6) is 0 Å². The minimum Gasteiger partial charge on any atom is -0.481 e. The zero-order chi connectivity index (χ0) is 14.4. The van der Waals surface area contributed by atoms with E-state index in [9.17, 15) is 9.59 Å². The second kappa shape index (κ2) is 7.36. The molecule has 0 saturated carbocycles. The number of nitrogens with zero attached hydrogens (tertiary/aromatic N) is 1. The van der Waals surface area contributed by atoms with E-state index in [0.717, 1.165) is 6.42 Å². The first-order valence-corrected chi connectivity index (χ1v) is 6.67. The van der Waals surface area contributed by atoms with E-state index in [1.807, 2.05) is 6.92 Å². The molecule has 1 N–H and O–H groups in total. The van der Waals surface area contributed by atoms with E-state index in [2.05, 4.69) is 0 Å². The Labute approximate surface area is 121 Å². The Morgan fingerprint density at radius 3 is 2.42 bits per heavy atom. The lowest BCUT2D eigenvalue weighted by atomic mass is 10.2. The minimum atomic E-state index is -0.928. The number of amides is 1. The number of rotatable bonds is 6. The van der Waals surface area contributed by atoms with Crippen LogP contribution in [0.3, 0.4) is 0 Å². The van der Waals surface area contributed by atoms with Crippen LogP contribution >= 0.6 is 23.2 Å². The summed E-state index contributed by atoms with van der Waals surface area (Å²) in [6.07, 6.45) is 0.680. The molecule has 0 heterocycles. The molecule has 0 bridgehead atoms. The summed E-state index contributed by atoms with van der Waals surface area (Å²) < 4.78 is 0. The number of aliphatic carboxylic acids is 1. The summed E-state index contributed by atoms with van der Waals surface area (Å²) in [7, 11) is 0. The Balaban J connectivity index is 2.85. The number of carboxylic acids is 1. The normalized spacial score (nSPS) is 10.3. The molecule has 0 radical (unpaired) electrons. The van der Waals surface area contributed by atoms with Crippen molar-refractivity contribution >= 4 is 35.1 Å². The average molecular weight is 304 g/mol. The van der Waals surface area contributed by atoms with Crippen LogP contribution in [0.15, 0.2) is 18.2 Å². The molecule has 4 nitrogen and oxygen atoms in total. The van der Waals surface area contributed by atoms with Crippen molar-refractivity contribution in [3.63, 3.8) is 0 Å². The van der Waals surface area contributed by atoms with Gasteiger partial charge in [0.25, 0.3) is 5.91 Å². The van der Waals surface area contributed by atoms with Crippen molar-refractivity contribution in [2.24, 2.45) is 0 Å². The number of benzene rings is 1. The molecule has 1 amide bonds. The molecule has 1 rings (SSSR count). The van der Waals surface area contributed by atoms with Gasteiger partial charge in [-0.25, -0.2) is 0 Å². The van der Waals surface area contributed by atoms with Crippen LogP contribution in [0.25, 0.3) is 0 Å². The molecule has 6 heteroatoms. The van der Waals surface area contributed by atoms with Gasteiger partial charge in [-0.05, 0) is 24.6 Å². The highest BCUT2D eigenvalue weighted by Crippen LogP contribution is 2.23. The fourth-order valence-electron chi connectivity index (χ4n) is 1.63. The third-order valence-corrected chi connectivity index (χ3v) is 3.28. The SMILES string of the molecule is CCCN(CCC(=O)O)C(=O)c1ccc(Cl)c(Cl)c1. The Bertz CT molecular complexity index is 477. The minimum absolute atomic E-state index is 0.0763. The third-order valence-electron chi connectivity index (χ3n) is 2.54. The Morgan fingerprint density at radius 1 is 1.21 bits per heavy atom. The number of hydrogen-bond acceptors (Lipinski definition) is 2. The van der Waals surface area contributed by atoms with Crippen molar-refractivity contribution in [2.45, 2.75) is 19.8 Å². The van der Waals surface area contributed by atoms with Gasteiger partial charge in [0, 0.05) is 18.7 Å². The zero-order valence-electron chi connectivity index (χ0n) is 10.5. The molecular formula is C13H15Cl2NO3. The summed E-state index contributed by atoms with van der Waals surface area (Å²) in [5.41, 5.74) is 0.410. The van der Waals surface area contributed by atoms with Crippen molar-refractivity contribution in [2.75, 3.05) is 13.1 Å². The maximum Gasteiger partial charge on any atom is 0.305 e. The molecule has 1 aromatic carbocycles. The van der Waals surface area contributed by atoms with E-state index in [4.69, 9.17) is 28.3 Å². The van der Waals surface area contributed by atoms with Crippen molar-refractivity contribution in [3.05, 3.63) is 33.8 Å². The molecule has 0 unspecified atom stereocenters. The highest BCUT2D eigenvalue weighted by atomic mass is 35.5. The molecule has 0 aromatic heterocycles. The van der Waals surface area contributed by atoms with Gasteiger partial charge in [0.1, 0.15) is 0 Å². The summed E-state index contributed by atoms with van der Waals surface area (Å²) in [6.45, 7) is 2.62. The molecule has 0 saturated heterocycles. The van der Waals surface area contributed by atoms with Crippen molar-refractivity contribution < 1.29 is 14.7 Å². The van der Waals surface area contributed by atoms with Crippen LogP contribution in [0.4, 0.5) is 0 Å². The lowest BCUT2D eigenvalue weighted by Crippen LogP contribution is -2.33. The maximum absolute atomic E-state index is 12.2. The standard InChI is InChI=1S/C13H15Cl2NO3/c1-2-6-16(7-5-12(17)18)13(19)9-3-4-10(14)11(15)8-9/h3-4,8H,2,5-7H2,1H3,(H,17,18). The van der Waals surface area contributed by atoms with Crippen LogP contribution in [0.1, 0.15) is 30.1 Å². The molecule has 0 fully saturated rings. The summed E-state index contributed by atoms with van der Waals surface area (Å²) in [5.74, 6) is -1.16. The molecular weight excluding hydrogens is 289 g/mol. The summed E-state index contributed by atoms with van der Waals surface area (Å²) in [6, 6.07) is 4.63. The second-order valence-corrected chi connectivity index (χ2v) is 4.88. The Hall–Kier alpha value is -1.26. The number of carbonyl (C=O) groups is 2. The van der Waals surface area contributed by atoms with Crippen LogP contribution < -0.4 is 0 Å². The Morgan fingerprint density at radius 2 is 1.89 bits per heavy atom. The van der Waals surface area contributed by atoms with Crippen molar-refractivity contribution in [3.8, 4) is 0 Å². The van der Waals surface area contributed by atoms with E-state index >= 15 is 0 Å². The average Bonchev–Trinajstić information content (AvgIpc) is 2.36. The van der Waals surface area contributed by atoms with E-state index in [1.54, 1.807) is 12.1 Å². The third kappa shape index (κ3) is 4.73. The van der Waals surface area contributed by atoms with Crippen LogP contribution in [-0.4, -0.2) is 35.0 Å². The van der Waals surface area contributed by atoms with Crippen LogP contribution in [-0.2, 0) is 4.79 Å². The van der Waals surface area contributed by atoms with Gasteiger partial charge >= 0.3 is 5.97 Å². The topological polar surface area (TPSA) is 57.6 Å². The van der Waals surface area contributed by atoms with Gasteiger partial charge in [-0.1, -0.05) is 30.1 Å². The fraction of sp³-hybridized carbons (Fsp3) is 0.385. The number of hydrogen-bond donors (Lipinski definition) is 1. The maximum atomic E-state index is 12.2. The van der Waals surface area contributed by atoms with Gasteiger partial charge in [-0.3, -0.25) is 9.59 Å². The molecule has 0 aliphatic heterocycles. The molecule has 0 aliphatic carbocycles. The monoisotopic (exact) mass is 303 g/mol. The van der Waals surface area contributed by atoms with E-state index < -0.39 is 5.97 Å². The van der Waals surface area contributed by atoms with Gasteiger partial charge < -0.3 is 10.0 Å². The van der Waals surface area contributed by atoms with Crippen molar-refractivity contribution in [1.82, 2.24) is 4.90 Å². The number of halogens is 2. The highest BCUT2D eigenvalue weighted by Gasteiger charge is 2.16. The summed E-state index contributed by atoms with van der Waals surface area (Å²) in [5, 5.41) is 9.37. The Kier molecular flexibility index (Phi) is 6.12. The molecule has 19 heavy (non-hydrogen) atoms. The predicted molar refractivity (Wildman–Crippen MR) is 74.9 cm³/mol. The first kappa shape index (κ1) is 15.8. The van der Waals surface area contributed by atoms with Gasteiger partial charge in [0.05, 0.1) is 16.5 Å². The predicted octanol–water partition coefficient (Wildman–Crippen LogP) is 3.32. The first-order chi connectivity index (χ1) is 8.95. The second-order valence-electron chi connectivity index (χ2n) is 4.06. The molecule has 0 spiro atoms.